The van der Waals surface area contributed by atoms with E-state index >= 15 is 0 Å². The van der Waals surface area contributed by atoms with Crippen molar-refractivity contribution in [3.8, 4) is 0 Å². The fraction of sp³-hybridized carbons (Fsp3) is 0.125. The fourth-order valence-electron chi connectivity index (χ4n) is 2.27. The van der Waals surface area contributed by atoms with E-state index in [1.54, 1.807) is 6.20 Å². The molecule has 0 fully saturated rings. The number of pyridine rings is 1. The fourth-order valence-corrected chi connectivity index (χ4v) is 2.27. The van der Waals surface area contributed by atoms with Crippen molar-refractivity contribution in [3.05, 3.63) is 59.5 Å². The Morgan fingerprint density at radius 3 is 2.75 bits per heavy atom. The number of benzene rings is 1. The zero-order chi connectivity index (χ0) is 14.1. The molecule has 4 nitrogen and oxygen atoms in total. The Kier molecular flexibility index (Phi) is 2.99. The monoisotopic (exact) mass is 265 g/mol. The molecule has 3 aromatic rings. The highest BCUT2D eigenvalue weighted by atomic mass is 16.1. The Balaban J connectivity index is 1.93. The van der Waals surface area contributed by atoms with Gasteiger partial charge in [0.2, 0.25) is 0 Å². The summed E-state index contributed by atoms with van der Waals surface area (Å²) < 4.78 is 0. The lowest BCUT2D eigenvalue weighted by molar-refractivity contribution is 0.102. The van der Waals surface area contributed by atoms with E-state index in [1.165, 1.54) is 0 Å². The van der Waals surface area contributed by atoms with Crippen molar-refractivity contribution in [2.45, 2.75) is 13.8 Å². The molecule has 0 saturated carbocycles. The summed E-state index contributed by atoms with van der Waals surface area (Å²) in [6.07, 6.45) is 1.73. The summed E-state index contributed by atoms with van der Waals surface area (Å²) in [5, 5.41) is 3.83. The summed E-state index contributed by atoms with van der Waals surface area (Å²) in [5.74, 6) is -0.129. The second-order valence-corrected chi connectivity index (χ2v) is 4.79. The minimum atomic E-state index is -0.129. The van der Waals surface area contributed by atoms with Gasteiger partial charge in [0.25, 0.3) is 5.91 Å². The molecule has 2 N–H and O–H groups in total. The van der Waals surface area contributed by atoms with E-state index in [-0.39, 0.29) is 5.91 Å². The number of aromatic amines is 1. The lowest BCUT2D eigenvalue weighted by atomic mass is 10.1. The van der Waals surface area contributed by atoms with Gasteiger partial charge < -0.3 is 10.3 Å². The van der Waals surface area contributed by atoms with Crippen molar-refractivity contribution < 1.29 is 4.79 Å². The van der Waals surface area contributed by atoms with Crippen molar-refractivity contribution in [1.82, 2.24) is 9.97 Å². The molecule has 2 heterocycles. The molecule has 0 unspecified atom stereocenters. The largest absolute Gasteiger partial charge is 0.360 e. The first-order chi connectivity index (χ1) is 9.65. The van der Waals surface area contributed by atoms with Gasteiger partial charge in [-0.25, -0.2) is 0 Å². The Morgan fingerprint density at radius 2 is 1.95 bits per heavy atom. The van der Waals surface area contributed by atoms with E-state index in [2.05, 4.69) is 15.3 Å². The average molecular weight is 265 g/mol. The molecular formula is C16H15N3O. The predicted molar refractivity (Wildman–Crippen MR) is 80.0 cm³/mol. The second-order valence-electron chi connectivity index (χ2n) is 4.79. The number of carbonyl (C=O) groups is 1. The number of fused-ring (bicyclic) bond motifs is 1. The summed E-state index contributed by atoms with van der Waals surface area (Å²) in [5.41, 5.74) is 4.09. The van der Waals surface area contributed by atoms with Crippen molar-refractivity contribution in [2.75, 3.05) is 5.32 Å². The van der Waals surface area contributed by atoms with Gasteiger partial charge in [-0.05, 0) is 32.0 Å². The lowest BCUT2D eigenvalue weighted by Gasteiger charge is -2.07. The van der Waals surface area contributed by atoms with Crippen LogP contribution in [0.3, 0.4) is 0 Å². The molecule has 0 saturated heterocycles. The quantitative estimate of drug-likeness (QED) is 0.745. The van der Waals surface area contributed by atoms with Gasteiger partial charge in [0.15, 0.2) is 0 Å². The molecule has 20 heavy (non-hydrogen) atoms. The van der Waals surface area contributed by atoms with Gasteiger partial charge in [-0.15, -0.1) is 0 Å². The maximum Gasteiger partial charge on any atom is 0.257 e. The molecule has 4 heteroatoms. The molecule has 0 radical (unpaired) electrons. The Morgan fingerprint density at radius 1 is 1.15 bits per heavy atom. The number of amides is 1. The Bertz CT molecular complexity index is 789. The van der Waals surface area contributed by atoms with Gasteiger partial charge in [0, 0.05) is 22.8 Å². The second kappa shape index (κ2) is 4.81. The number of carbonyl (C=O) groups excluding carboxylic acids is 1. The highest BCUT2D eigenvalue weighted by Crippen LogP contribution is 2.20. The number of rotatable bonds is 2. The molecule has 0 aliphatic rings. The highest BCUT2D eigenvalue weighted by molar-refractivity contribution is 6.12. The van der Waals surface area contributed by atoms with Crippen molar-refractivity contribution >= 4 is 22.5 Å². The molecule has 0 spiro atoms. The molecule has 3 rings (SSSR count). The molecule has 2 aromatic heterocycles. The van der Waals surface area contributed by atoms with E-state index < -0.39 is 0 Å². The number of aryl methyl sites for hydroxylation is 2. The van der Waals surface area contributed by atoms with Gasteiger partial charge in [0.1, 0.15) is 0 Å². The van der Waals surface area contributed by atoms with Gasteiger partial charge in [-0.2, -0.15) is 0 Å². The number of nitrogens with zero attached hydrogens (tertiary/aromatic N) is 1. The molecule has 0 aliphatic carbocycles. The minimum absolute atomic E-state index is 0.129. The van der Waals surface area contributed by atoms with Crippen molar-refractivity contribution in [2.24, 2.45) is 0 Å². The van der Waals surface area contributed by atoms with Gasteiger partial charge in [-0.3, -0.25) is 9.78 Å². The predicted octanol–water partition coefficient (Wildman–Crippen LogP) is 3.43. The summed E-state index contributed by atoms with van der Waals surface area (Å²) in [4.78, 5) is 19.8. The maximum atomic E-state index is 12.4. The third-order valence-corrected chi connectivity index (χ3v) is 3.31. The standard InChI is InChI=1S/C16H15N3O/c1-10-7-8-14(11(2)18-10)19-16(20)13-9-17-15-6-4-3-5-12(13)15/h3-9,17H,1-2H3,(H,19,20). The van der Waals surface area contributed by atoms with Crippen LogP contribution < -0.4 is 5.32 Å². The van der Waals surface area contributed by atoms with E-state index in [0.717, 1.165) is 28.0 Å². The van der Waals surface area contributed by atoms with E-state index in [9.17, 15) is 4.79 Å². The van der Waals surface area contributed by atoms with Crippen molar-refractivity contribution in [1.29, 1.82) is 0 Å². The van der Waals surface area contributed by atoms with E-state index in [1.807, 2.05) is 50.2 Å². The Hall–Kier alpha value is -2.62. The summed E-state index contributed by atoms with van der Waals surface area (Å²) >= 11 is 0. The molecule has 1 aromatic carbocycles. The zero-order valence-electron chi connectivity index (χ0n) is 11.4. The van der Waals surface area contributed by atoms with Crippen LogP contribution >= 0.6 is 0 Å². The minimum Gasteiger partial charge on any atom is -0.360 e. The van der Waals surface area contributed by atoms with Crippen molar-refractivity contribution in [3.63, 3.8) is 0 Å². The Labute approximate surface area is 116 Å². The normalized spacial score (nSPS) is 10.7. The van der Waals surface area contributed by atoms with Crippen LogP contribution in [0.4, 0.5) is 5.69 Å². The van der Waals surface area contributed by atoms with Crippen LogP contribution in [0, 0.1) is 13.8 Å². The first-order valence-electron chi connectivity index (χ1n) is 6.47. The number of anilines is 1. The van der Waals surface area contributed by atoms with Crippen LogP contribution in [-0.2, 0) is 0 Å². The number of hydrogen-bond donors (Lipinski definition) is 2. The van der Waals surface area contributed by atoms with E-state index in [0.29, 0.717) is 5.56 Å². The van der Waals surface area contributed by atoms with Crippen LogP contribution in [0.2, 0.25) is 0 Å². The van der Waals surface area contributed by atoms with Gasteiger partial charge in [0.05, 0.1) is 16.9 Å². The number of nitrogens with one attached hydrogen (secondary N) is 2. The molecule has 0 aliphatic heterocycles. The van der Waals surface area contributed by atoms with Gasteiger partial charge in [-0.1, -0.05) is 18.2 Å². The summed E-state index contributed by atoms with van der Waals surface area (Å²) in [6, 6.07) is 11.5. The third-order valence-electron chi connectivity index (χ3n) is 3.31. The molecular weight excluding hydrogens is 250 g/mol. The smallest absolute Gasteiger partial charge is 0.257 e. The average Bonchev–Trinajstić information content (AvgIpc) is 2.86. The molecule has 0 atom stereocenters. The first kappa shape index (κ1) is 12.4. The van der Waals surface area contributed by atoms with Crippen LogP contribution in [0.1, 0.15) is 21.7 Å². The third kappa shape index (κ3) is 2.16. The SMILES string of the molecule is Cc1ccc(NC(=O)c2c[nH]c3ccccc23)c(C)n1. The molecule has 100 valence electrons. The maximum absolute atomic E-state index is 12.4. The summed E-state index contributed by atoms with van der Waals surface area (Å²) in [7, 11) is 0. The lowest BCUT2D eigenvalue weighted by Crippen LogP contribution is -2.12. The van der Waals surface area contributed by atoms with Crippen LogP contribution in [0.5, 0.6) is 0 Å². The zero-order valence-corrected chi connectivity index (χ0v) is 11.4. The van der Waals surface area contributed by atoms with E-state index in [4.69, 9.17) is 0 Å². The number of hydrogen-bond acceptors (Lipinski definition) is 2. The van der Waals surface area contributed by atoms with Crippen LogP contribution in [0.15, 0.2) is 42.6 Å². The molecule has 0 bridgehead atoms. The van der Waals surface area contributed by atoms with Gasteiger partial charge >= 0.3 is 0 Å². The topological polar surface area (TPSA) is 57.8 Å². The number of para-hydroxylation sites is 1. The first-order valence-corrected chi connectivity index (χ1v) is 6.47. The van der Waals surface area contributed by atoms with Crippen LogP contribution in [0.25, 0.3) is 10.9 Å². The summed E-state index contributed by atoms with van der Waals surface area (Å²) in [6.45, 7) is 3.82. The molecule has 1 amide bonds. The number of aromatic nitrogens is 2. The highest BCUT2D eigenvalue weighted by Gasteiger charge is 2.12. The number of H-pyrrole nitrogens is 1. The van der Waals surface area contributed by atoms with Crippen LogP contribution in [-0.4, -0.2) is 15.9 Å².